The number of unbranched alkanes of at least 4 members (excludes halogenated alkanes) is 1. The lowest BCUT2D eigenvalue weighted by molar-refractivity contribution is 0.0324. The monoisotopic (exact) mass is 596 g/mol. The van der Waals surface area contributed by atoms with Gasteiger partial charge in [0.05, 0.1) is 46.2 Å². The number of halogens is 2. The average molecular weight is 598 g/mol. The summed E-state index contributed by atoms with van der Waals surface area (Å²) in [5, 5.41) is 3.01. The van der Waals surface area contributed by atoms with Gasteiger partial charge in [0, 0.05) is 24.1 Å². The van der Waals surface area contributed by atoms with Crippen LogP contribution >= 0.6 is 15.9 Å². The second kappa shape index (κ2) is 16.5. The number of carbonyl (C=O) groups is 1. The Kier molecular flexibility index (Phi) is 13.1. The summed E-state index contributed by atoms with van der Waals surface area (Å²) in [6.45, 7) is 4.36. The Morgan fingerprint density at radius 3 is 2.39 bits per heavy atom. The lowest BCUT2D eigenvalue weighted by Crippen LogP contribution is -2.32. The first kappa shape index (κ1) is 30.1. The van der Waals surface area contributed by atoms with Crippen LogP contribution in [0.1, 0.15) is 34.3 Å². The molecule has 1 aliphatic rings. The van der Waals surface area contributed by atoms with Crippen molar-refractivity contribution in [2.75, 3.05) is 73.6 Å². The molecule has 0 saturated heterocycles. The maximum absolute atomic E-state index is 12.8. The number of benzene rings is 2. The number of fused-ring (bicyclic) bond motifs is 1. The summed E-state index contributed by atoms with van der Waals surface area (Å²) in [6, 6.07) is 9.51. The molecule has 10 heteroatoms. The summed E-state index contributed by atoms with van der Waals surface area (Å²) in [5.41, 5.74) is 3.06. The van der Waals surface area contributed by atoms with Gasteiger partial charge in [-0.2, -0.15) is 0 Å². The van der Waals surface area contributed by atoms with E-state index in [1.807, 2.05) is 6.07 Å². The van der Waals surface area contributed by atoms with E-state index >= 15 is 0 Å². The molecule has 2 aromatic rings. The third-order valence-corrected chi connectivity index (χ3v) is 6.74. The van der Waals surface area contributed by atoms with Crippen molar-refractivity contribution in [1.29, 1.82) is 0 Å². The van der Waals surface area contributed by atoms with Gasteiger partial charge in [-0.1, -0.05) is 15.9 Å². The zero-order valence-electron chi connectivity index (χ0n) is 22.2. The normalized spacial score (nSPS) is 13.2. The molecule has 1 amide bonds. The van der Waals surface area contributed by atoms with Crippen LogP contribution in [0.2, 0.25) is 0 Å². The van der Waals surface area contributed by atoms with E-state index in [9.17, 15) is 9.18 Å². The zero-order valence-corrected chi connectivity index (χ0v) is 23.8. The van der Waals surface area contributed by atoms with Crippen molar-refractivity contribution < 1.29 is 32.9 Å². The van der Waals surface area contributed by atoms with E-state index in [1.165, 1.54) is 11.1 Å². The van der Waals surface area contributed by atoms with Gasteiger partial charge in [0.25, 0.3) is 5.91 Å². The van der Waals surface area contributed by atoms with E-state index in [2.05, 4.69) is 38.3 Å². The molecular formula is C28H38BrFN2O6. The Balaban J connectivity index is 1.38. The molecule has 3 rings (SSSR count). The minimum Gasteiger partial charge on any atom is -0.493 e. The number of hydrogen-bond donors (Lipinski definition) is 1. The molecule has 0 spiro atoms. The van der Waals surface area contributed by atoms with Gasteiger partial charge in [-0.15, -0.1) is 0 Å². The molecule has 0 fully saturated rings. The van der Waals surface area contributed by atoms with Gasteiger partial charge < -0.3 is 29.0 Å². The van der Waals surface area contributed by atoms with Gasteiger partial charge >= 0.3 is 0 Å². The Hall–Kier alpha value is -2.40. The van der Waals surface area contributed by atoms with Gasteiger partial charge in [-0.25, -0.2) is 4.39 Å². The largest absolute Gasteiger partial charge is 0.493 e. The van der Waals surface area contributed by atoms with Crippen LogP contribution in [0.3, 0.4) is 0 Å². The maximum Gasteiger partial charge on any atom is 0.255 e. The maximum atomic E-state index is 12.8. The minimum atomic E-state index is -0.503. The quantitative estimate of drug-likeness (QED) is 0.271. The first-order chi connectivity index (χ1) is 18.5. The molecular weight excluding hydrogens is 559 g/mol. The summed E-state index contributed by atoms with van der Waals surface area (Å²) >= 11 is 3.43. The Morgan fingerprint density at radius 2 is 1.66 bits per heavy atom. The van der Waals surface area contributed by atoms with Crippen LogP contribution in [0, 0.1) is 0 Å². The molecule has 1 N–H and O–H groups in total. The van der Waals surface area contributed by atoms with Crippen LogP contribution in [0.15, 0.2) is 34.8 Å². The van der Waals surface area contributed by atoms with Gasteiger partial charge in [0.2, 0.25) is 0 Å². The van der Waals surface area contributed by atoms with Crippen molar-refractivity contribution in [2.45, 2.75) is 25.8 Å². The SMILES string of the molecule is COc1cc2c(cc1OC)CN(CCCCNC(=O)c1cc(Br)ccc1OCCOCCOCCF)CC2. The van der Waals surface area contributed by atoms with Crippen molar-refractivity contribution in [3.63, 3.8) is 0 Å². The second-order valence-electron chi connectivity index (χ2n) is 8.87. The first-order valence-corrected chi connectivity index (χ1v) is 13.7. The number of ether oxygens (including phenoxy) is 5. The van der Waals surface area contributed by atoms with Crippen LogP contribution in [-0.4, -0.2) is 84.4 Å². The lowest BCUT2D eigenvalue weighted by atomic mass is 9.98. The third-order valence-electron chi connectivity index (χ3n) is 6.25. The molecule has 0 atom stereocenters. The highest BCUT2D eigenvalue weighted by Crippen LogP contribution is 2.33. The fourth-order valence-electron chi connectivity index (χ4n) is 4.28. The highest BCUT2D eigenvalue weighted by Gasteiger charge is 2.19. The number of nitrogens with one attached hydrogen (secondary N) is 1. The molecule has 8 nitrogen and oxygen atoms in total. The highest BCUT2D eigenvalue weighted by molar-refractivity contribution is 9.10. The number of hydrogen-bond acceptors (Lipinski definition) is 7. The lowest BCUT2D eigenvalue weighted by Gasteiger charge is -2.29. The molecule has 0 aromatic heterocycles. The molecule has 2 aromatic carbocycles. The summed E-state index contributed by atoms with van der Waals surface area (Å²) < 4.78 is 39.9. The van der Waals surface area contributed by atoms with Crippen LogP contribution in [0.4, 0.5) is 4.39 Å². The zero-order chi connectivity index (χ0) is 27.2. The summed E-state index contributed by atoms with van der Waals surface area (Å²) in [4.78, 5) is 15.3. The van der Waals surface area contributed by atoms with E-state index in [4.69, 9.17) is 23.7 Å². The molecule has 0 saturated carbocycles. The van der Waals surface area contributed by atoms with Crippen LogP contribution in [0.5, 0.6) is 17.2 Å². The predicted octanol–water partition coefficient (Wildman–Crippen LogP) is 4.42. The van der Waals surface area contributed by atoms with Crippen LogP contribution in [0.25, 0.3) is 0 Å². The van der Waals surface area contributed by atoms with Gasteiger partial charge in [-0.3, -0.25) is 9.69 Å². The van der Waals surface area contributed by atoms with E-state index in [1.54, 1.807) is 26.4 Å². The average Bonchev–Trinajstić information content (AvgIpc) is 2.93. The van der Waals surface area contributed by atoms with Crippen molar-refractivity contribution in [1.82, 2.24) is 10.2 Å². The topological polar surface area (TPSA) is 78.5 Å². The van der Waals surface area contributed by atoms with E-state index < -0.39 is 6.67 Å². The van der Waals surface area contributed by atoms with Crippen molar-refractivity contribution in [2.24, 2.45) is 0 Å². The number of carbonyl (C=O) groups excluding carboxylic acids is 1. The van der Waals surface area contributed by atoms with Gasteiger partial charge in [0.15, 0.2) is 11.5 Å². The van der Waals surface area contributed by atoms with E-state index in [0.29, 0.717) is 44.3 Å². The van der Waals surface area contributed by atoms with Crippen molar-refractivity contribution >= 4 is 21.8 Å². The molecule has 0 unspecified atom stereocenters. The molecule has 1 heterocycles. The number of nitrogens with zero attached hydrogens (tertiary/aromatic N) is 1. The smallest absolute Gasteiger partial charge is 0.255 e. The Bertz CT molecular complexity index is 1030. The molecule has 1 aliphatic heterocycles. The number of alkyl halides is 1. The fourth-order valence-corrected chi connectivity index (χ4v) is 4.64. The van der Waals surface area contributed by atoms with Gasteiger partial charge in [0.1, 0.15) is 19.0 Å². The molecule has 210 valence electrons. The Labute approximate surface area is 232 Å². The first-order valence-electron chi connectivity index (χ1n) is 12.9. The van der Waals surface area contributed by atoms with Crippen LogP contribution in [-0.2, 0) is 22.4 Å². The van der Waals surface area contributed by atoms with Crippen molar-refractivity contribution in [3.8, 4) is 17.2 Å². The number of amides is 1. The third kappa shape index (κ3) is 9.41. The predicted molar refractivity (Wildman–Crippen MR) is 147 cm³/mol. The molecule has 0 aliphatic carbocycles. The fraction of sp³-hybridized carbons (Fsp3) is 0.536. The summed E-state index contributed by atoms with van der Waals surface area (Å²) in [5.74, 6) is 1.87. The molecule has 38 heavy (non-hydrogen) atoms. The minimum absolute atomic E-state index is 0.0790. The number of methoxy groups -OCH3 is 2. The number of rotatable bonds is 17. The summed E-state index contributed by atoms with van der Waals surface area (Å²) in [6.07, 6.45) is 2.84. The van der Waals surface area contributed by atoms with E-state index in [-0.39, 0.29) is 12.5 Å². The standard InChI is InChI=1S/C28H38BrFN2O6/c1-34-26-17-21-7-11-32(20-22(21)18-27(26)35-2)10-4-3-9-31-28(33)24-19-23(29)5-6-25(24)38-16-15-37-14-13-36-12-8-30/h5-6,17-19H,3-4,7-16,20H2,1-2H3,(H,31,33). The molecule has 0 bridgehead atoms. The van der Waals surface area contributed by atoms with Crippen molar-refractivity contribution in [3.05, 3.63) is 51.5 Å². The second-order valence-corrected chi connectivity index (χ2v) is 9.78. The van der Waals surface area contributed by atoms with Gasteiger partial charge in [-0.05, 0) is 67.3 Å². The van der Waals surface area contributed by atoms with Crippen LogP contribution < -0.4 is 19.5 Å². The Morgan fingerprint density at radius 1 is 0.947 bits per heavy atom. The molecule has 0 radical (unpaired) electrons. The van der Waals surface area contributed by atoms with E-state index in [0.717, 1.165) is 54.9 Å². The highest BCUT2D eigenvalue weighted by atomic mass is 79.9. The summed E-state index contributed by atoms with van der Waals surface area (Å²) in [7, 11) is 3.32.